The van der Waals surface area contributed by atoms with Gasteiger partial charge in [0.05, 0.1) is 11.0 Å². The molecule has 0 aromatic heterocycles. The Kier molecular flexibility index (Phi) is 4.57. The van der Waals surface area contributed by atoms with Crippen LogP contribution in [0.25, 0.3) is 0 Å². The Bertz CT molecular complexity index is 532. The number of rotatable bonds is 6. The number of amides is 1. The normalized spacial score (nSPS) is 15.7. The average molecular weight is 298 g/mol. The molecule has 0 heterocycles. The smallest absolute Gasteiger partial charge is 0.273 e. The van der Waals surface area contributed by atoms with Gasteiger partial charge in [-0.3, -0.25) is 14.9 Å². The van der Waals surface area contributed by atoms with Gasteiger partial charge in [-0.1, -0.05) is 11.6 Å². The molecule has 0 aliphatic heterocycles. The third-order valence-corrected chi connectivity index (χ3v) is 3.39. The summed E-state index contributed by atoms with van der Waals surface area (Å²) < 4.78 is 0. The molecule has 6 nitrogen and oxygen atoms in total. The molecule has 0 bridgehead atoms. The number of benzene rings is 1. The highest BCUT2D eigenvalue weighted by Gasteiger charge is 2.25. The summed E-state index contributed by atoms with van der Waals surface area (Å²) in [5.41, 5.74) is 0.463. The van der Waals surface area contributed by atoms with Crippen LogP contribution in [0.5, 0.6) is 0 Å². The lowest BCUT2D eigenvalue weighted by atomic mass is 10.1. The Morgan fingerprint density at radius 3 is 2.85 bits per heavy atom. The van der Waals surface area contributed by atoms with E-state index in [-0.39, 0.29) is 18.1 Å². The summed E-state index contributed by atoms with van der Waals surface area (Å²) in [6, 6.07) is 4.28. The van der Waals surface area contributed by atoms with Crippen molar-refractivity contribution in [3.8, 4) is 0 Å². The predicted octanol–water partition coefficient (Wildman–Crippen LogP) is 2.00. The van der Waals surface area contributed by atoms with E-state index in [9.17, 15) is 14.9 Å². The number of carbonyl (C=O) groups excluding carboxylic acids is 1. The van der Waals surface area contributed by atoms with Crippen LogP contribution in [0, 0.1) is 10.1 Å². The zero-order valence-corrected chi connectivity index (χ0v) is 11.8. The molecule has 1 saturated carbocycles. The van der Waals surface area contributed by atoms with Gasteiger partial charge in [0.15, 0.2) is 0 Å². The Labute approximate surface area is 121 Å². The van der Waals surface area contributed by atoms with Crippen molar-refractivity contribution in [1.82, 2.24) is 10.6 Å². The van der Waals surface area contributed by atoms with Gasteiger partial charge in [0.25, 0.3) is 5.69 Å². The molecule has 1 aliphatic rings. The molecule has 0 radical (unpaired) electrons. The van der Waals surface area contributed by atoms with Crippen molar-refractivity contribution in [2.45, 2.75) is 38.4 Å². The van der Waals surface area contributed by atoms with Gasteiger partial charge in [0, 0.05) is 29.2 Å². The number of hydrogen-bond donors (Lipinski definition) is 2. The first kappa shape index (κ1) is 14.7. The molecule has 1 aromatic rings. The number of nitrogens with one attached hydrogen (secondary N) is 2. The van der Waals surface area contributed by atoms with Crippen LogP contribution in [0.3, 0.4) is 0 Å². The van der Waals surface area contributed by atoms with E-state index in [4.69, 9.17) is 11.6 Å². The third kappa shape index (κ3) is 3.91. The molecule has 1 amide bonds. The monoisotopic (exact) mass is 297 g/mol. The van der Waals surface area contributed by atoms with Crippen molar-refractivity contribution in [2.75, 3.05) is 0 Å². The van der Waals surface area contributed by atoms with Crippen molar-refractivity contribution < 1.29 is 9.72 Å². The molecule has 1 aromatic carbocycles. The third-order valence-electron chi connectivity index (χ3n) is 3.15. The van der Waals surface area contributed by atoms with E-state index in [2.05, 4.69) is 10.6 Å². The number of hydrogen-bond acceptors (Lipinski definition) is 4. The van der Waals surface area contributed by atoms with Crippen LogP contribution < -0.4 is 10.6 Å². The molecule has 1 fully saturated rings. The highest BCUT2D eigenvalue weighted by molar-refractivity contribution is 6.30. The first-order chi connectivity index (χ1) is 9.47. The van der Waals surface area contributed by atoms with Crippen molar-refractivity contribution in [3.63, 3.8) is 0 Å². The van der Waals surface area contributed by atoms with Crippen LogP contribution in [0.4, 0.5) is 5.69 Å². The standard InChI is InChI=1S/C13H16ClN3O3/c1-8(13(18)16-11-3-4-11)15-7-9-6-10(14)2-5-12(9)17(19)20/h2,5-6,8,11,15H,3-4,7H2,1H3,(H,16,18). The van der Waals surface area contributed by atoms with Crippen molar-refractivity contribution in [1.29, 1.82) is 0 Å². The van der Waals surface area contributed by atoms with E-state index in [0.29, 0.717) is 16.6 Å². The first-order valence-electron chi connectivity index (χ1n) is 6.44. The average Bonchev–Trinajstić information content (AvgIpc) is 3.19. The zero-order valence-electron chi connectivity index (χ0n) is 11.1. The molecule has 20 heavy (non-hydrogen) atoms. The molecule has 1 unspecified atom stereocenters. The molecule has 2 rings (SSSR count). The van der Waals surface area contributed by atoms with Gasteiger partial charge in [0.2, 0.25) is 5.91 Å². The molecule has 1 atom stereocenters. The second-order valence-electron chi connectivity index (χ2n) is 4.92. The highest BCUT2D eigenvalue weighted by atomic mass is 35.5. The maximum absolute atomic E-state index is 11.8. The Morgan fingerprint density at radius 2 is 2.25 bits per heavy atom. The van der Waals surface area contributed by atoms with E-state index in [1.54, 1.807) is 6.92 Å². The van der Waals surface area contributed by atoms with Crippen molar-refractivity contribution in [3.05, 3.63) is 38.9 Å². The van der Waals surface area contributed by atoms with Gasteiger partial charge in [-0.2, -0.15) is 0 Å². The summed E-state index contributed by atoms with van der Waals surface area (Å²) in [7, 11) is 0. The molecule has 0 saturated heterocycles. The fourth-order valence-electron chi connectivity index (χ4n) is 1.78. The van der Waals surface area contributed by atoms with E-state index in [1.807, 2.05) is 0 Å². The van der Waals surface area contributed by atoms with Crippen LogP contribution in [0.2, 0.25) is 5.02 Å². The molecular formula is C13H16ClN3O3. The summed E-state index contributed by atoms with van der Waals surface area (Å²) in [6.45, 7) is 1.95. The fourth-order valence-corrected chi connectivity index (χ4v) is 1.98. The Hall–Kier alpha value is -1.66. The second kappa shape index (κ2) is 6.19. The summed E-state index contributed by atoms with van der Waals surface area (Å²) in [5, 5.41) is 17.2. The summed E-state index contributed by atoms with van der Waals surface area (Å²) in [4.78, 5) is 22.2. The second-order valence-corrected chi connectivity index (χ2v) is 5.35. The van der Waals surface area contributed by atoms with Gasteiger partial charge in [-0.15, -0.1) is 0 Å². The molecule has 2 N–H and O–H groups in total. The minimum Gasteiger partial charge on any atom is -0.352 e. The molecule has 1 aliphatic carbocycles. The Balaban J connectivity index is 1.96. The van der Waals surface area contributed by atoms with Gasteiger partial charge >= 0.3 is 0 Å². The van der Waals surface area contributed by atoms with Gasteiger partial charge in [-0.25, -0.2) is 0 Å². The van der Waals surface area contributed by atoms with Crippen LogP contribution >= 0.6 is 11.6 Å². The predicted molar refractivity (Wildman–Crippen MR) is 75.6 cm³/mol. The number of nitro benzene ring substituents is 1. The fraction of sp³-hybridized carbons (Fsp3) is 0.462. The molecule has 7 heteroatoms. The lowest BCUT2D eigenvalue weighted by Crippen LogP contribution is -2.42. The van der Waals surface area contributed by atoms with Crippen LogP contribution in [-0.4, -0.2) is 22.9 Å². The number of nitrogens with zero attached hydrogens (tertiary/aromatic N) is 1. The van der Waals surface area contributed by atoms with Crippen LogP contribution in [-0.2, 0) is 11.3 Å². The molecular weight excluding hydrogens is 282 g/mol. The van der Waals surface area contributed by atoms with Crippen molar-refractivity contribution in [2.24, 2.45) is 0 Å². The lowest BCUT2D eigenvalue weighted by molar-refractivity contribution is -0.385. The lowest BCUT2D eigenvalue weighted by Gasteiger charge is -2.14. The van der Waals surface area contributed by atoms with E-state index in [1.165, 1.54) is 18.2 Å². The quantitative estimate of drug-likeness (QED) is 0.621. The Morgan fingerprint density at radius 1 is 1.55 bits per heavy atom. The summed E-state index contributed by atoms with van der Waals surface area (Å²) in [6.07, 6.45) is 2.05. The maximum atomic E-state index is 11.8. The van der Waals surface area contributed by atoms with Crippen molar-refractivity contribution >= 4 is 23.2 Å². The molecule has 0 spiro atoms. The molecule has 108 valence electrons. The van der Waals surface area contributed by atoms with Gasteiger partial charge in [0.1, 0.15) is 0 Å². The highest BCUT2D eigenvalue weighted by Crippen LogP contribution is 2.22. The minimum atomic E-state index is -0.456. The summed E-state index contributed by atoms with van der Waals surface area (Å²) >= 11 is 5.85. The van der Waals surface area contributed by atoms with Gasteiger partial charge < -0.3 is 10.6 Å². The zero-order chi connectivity index (χ0) is 14.7. The van der Waals surface area contributed by atoms with Crippen LogP contribution in [0.15, 0.2) is 18.2 Å². The number of halogens is 1. The largest absolute Gasteiger partial charge is 0.352 e. The SMILES string of the molecule is CC(NCc1cc(Cl)ccc1[N+](=O)[O-])C(=O)NC1CC1. The van der Waals surface area contributed by atoms with Crippen LogP contribution in [0.1, 0.15) is 25.3 Å². The topological polar surface area (TPSA) is 84.3 Å². The van der Waals surface area contributed by atoms with E-state index >= 15 is 0 Å². The maximum Gasteiger partial charge on any atom is 0.273 e. The minimum absolute atomic E-state index is 0.00305. The van der Waals surface area contributed by atoms with Gasteiger partial charge in [-0.05, 0) is 31.9 Å². The summed E-state index contributed by atoms with van der Waals surface area (Å²) in [5.74, 6) is -0.0859. The van der Waals surface area contributed by atoms with E-state index in [0.717, 1.165) is 12.8 Å². The van der Waals surface area contributed by atoms with E-state index < -0.39 is 11.0 Å². The number of nitro groups is 1. The first-order valence-corrected chi connectivity index (χ1v) is 6.81. The number of carbonyl (C=O) groups is 1.